The zero-order valence-electron chi connectivity index (χ0n) is 18.2. The van der Waals surface area contributed by atoms with Gasteiger partial charge in [-0.1, -0.05) is 42.5 Å². The van der Waals surface area contributed by atoms with E-state index in [4.69, 9.17) is 4.74 Å². The summed E-state index contributed by atoms with van der Waals surface area (Å²) in [5, 5.41) is 6.77. The number of hydrogen-bond donors (Lipinski definition) is 2. The number of aryl methyl sites for hydroxylation is 1. The third-order valence-corrected chi connectivity index (χ3v) is 4.54. The van der Waals surface area contributed by atoms with Gasteiger partial charge in [-0.2, -0.15) is 0 Å². The molecule has 2 aromatic carbocycles. The number of guanidine groups is 1. The van der Waals surface area contributed by atoms with Gasteiger partial charge in [0.15, 0.2) is 12.6 Å². The van der Waals surface area contributed by atoms with Gasteiger partial charge in [0.1, 0.15) is 5.75 Å². The van der Waals surface area contributed by atoms with Crippen molar-refractivity contribution in [1.29, 1.82) is 0 Å². The van der Waals surface area contributed by atoms with E-state index in [0.717, 1.165) is 24.4 Å². The topological polar surface area (TPSA) is 66.0 Å². The number of ether oxygens (including phenoxy) is 1. The van der Waals surface area contributed by atoms with Crippen LogP contribution in [0, 0.1) is 0 Å². The van der Waals surface area contributed by atoms with E-state index in [-0.39, 0.29) is 36.5 Å². The highest BCUT2D eigenvalue weighted by molar-refractivity contribution is 14.0. The lowest BCUT2D eigenvalue weighted by Gasteiger charge is -2.18. The average Bonchev–Trinajstić information content (AvgIpc) is 2.74. The Bertz CT molecular complexity index is 797. The number of carbonyl (C=O) groups is 1. The minimum absolute atomic E-state index is 0. The van der Waals surface area contributed by atoms with Gasteiger partial charge >= 0.3 is 0 Å². The van der Waals surface area contributed by atoms with Gasteiger partial charge in [-0.25, -0.2) is 0 Å². The predicted octanol–water partition coefficient (Wildman–Crippen LogP) is 3.46. The fraction of sp³-hybridized carbons (Fsp3) is 0.391. The fourth-order valence-corrected chi connectivity index (χ4v) is 2.73. The third kappa shape index (κ3) is 9.47. The number of nitrogens with one attached hydrogen (secondary N) is 2. The Morgan fingerprint density at radius 1 is 1.10 bits per heavy atom. The largest absolute Gasteiger partial charge is 0.484 e. The molecule has 0 saturated heterocycles. The minimum Gasteiger partial charge on any atom is -0.484 e. The van der Waals surface area contributed by atoms with E-state index < -0.39 is 0 Å². The second-order valence-corrected chi connectivity index (χ2v) is 7.22. The van der Waals surface area contributed by atoms with Crippen LogP contribution in [0.3, 0.4) is 0 Å². The Hall–Kier alpha value is -2.29. The average molecular weight is 524 g/mol. The summed E-state index contributed by atoms with van der Waals surface area (Å²) >= 11 is 0. The van der Waals surface area contributed by atoms with E-state index in [1.165, 1.54) is 10.5 Å². The molecule has 0 aliphatic carbocycles. The first-order valence-electron chi connectivity index (χ1n) is 9.91. The summed E-state index contributed by atoms with van der Waals surface area (Å²) in [6, 6.07) is 18.5. The maximum absolute atomic E-state index is 11.7. The standard InChI is InChI=1S/C23H32N4O2.HI/c1-18(13-14-19-9-6-5-7-10-19)26-23(24-2)25-16-20-11-8-12-21(15-20)29-17-22(28)27(3)4;/h5-12,15,18H,13-14,16-17H2,1-4H3,(H2,24,25,26);1H. The lowest BCUT2D eigenvalue weighted by molar-refractivity contribution is -0.130. The second kappa shape index (κ2) is 13.8. The number of nitrogens with zero attached hydrogens (tertiary/aromatic N) is 2. The number of rotatable bonds is 9. The molecule has 2 rings (SSSR count). The highest BCUT2D eigenvalue weighted by atomic mass is 127. The van der Waals surface area contributed by atoms with Gasteiger partial charge in [0.2, 0.25) is 0 Å². The first kappa shape index (κ1) is 25.7. The molecule has 1 amide bonds. The van der Waals surface area contributed by atoms with Crippen LogP contribution < -0.4 is 15.4 Å². The zero-order valence-corrected chi connectivity index (χ0v) is 20.6. The number of carbonyl (C=O) groups excluding carboxylic acids is 1. The van der Waals surface area contributed by atoms with E-state index in [9.17, 15) is 4.79 Å². The maximum atomic E-state index is 11.7. The van der Waals surface area contributed by atoms with Crippen LogP contribution in [0.4, 0.5) is 0 Å². The van der Waals surface area contributed by atoms with Crippen LogP contribution in [0.25, 0.3) is 0 Å². The van der Waals surface area contributed by atoms with Gasteiger partial charge in [-0.15, -0.1) is 24.0 Å². The van der Waals surface area contributed by atoms with Crippen LogP contribution in [-0.4, -0.2) is 50.6 Å². The zero-order chi connectivity index (χ0) is 21.1. The maximum Gasteiger partial charge on any atom is 0.259 e. The first-order valence-corrected chi connectivity index (χ1v) is 9.91. The van der Waals surface area contributed by atoms with Crippen molar-refractivity contribution in [3.63, 3.8) is 0 Å². The van der Waals surface area contributed by atoms with Gasteiger partial charge in [-0.3, -0.25) is 9.79 Å². The van der Waals surface area contributed by atoms with Crippen LogP contribution in [0.15, 0.2) is 59.6 Å². The number of hydrogen-bond acceptors (Lipinski definition) is 3. The minimum atomic E-state index is -0.0670. The molecule has 0 aliphatic heterocycles. The summed E-state index contributed by atoms with van der Waals surface area (Å²) in [7, 11) is 5.20. The Morgan fingerprint density at radius 3 is 2.47 bits per heavy atom. The van der Waals surface area contributed by atoms with Crippen molar-refractivity contribution < 1.29 is 9.53 Å². The Morgan fingerprint density at radius 2 is 1.80 bits per heavy atom. The van der Waals surface area contributed by atoms with Gasteiger partial charge in [-0.05, 0) is 43.0 Å². The molecule has 2 aromatic rings. The van der Waals surface area contributed by atoms with Crippen LogP contribution in [0.5, 0.6) is 5.75 Å². The molecular weight excluding hydrogens is 491 g/mol. The Balaban J connectivity index is 0.00000450. The molecule has 0 heterocycles. The van der Waals surface area contributed by atoms with E-state index in [1.54, 1.807) is 21.1 Å². The fourth-order valence-electron chi connectivity index (χ4n) is 2.73. The van der Waals surface area contributed by atoms with E-state index in [0.29, 0.717) is 18.3 Å². The molecule has 7 heteroatoms. The van der Waals surface area contributed by atoms with Crippen LogP contribution in [-0.2, 0) is 17.8 Å². The molecule has 0 saturated carbocycles. The lowest BCUT2D eigenvalue weighted by Crippen LogP contribution is -2.42. The summed E-state index contributed by atoms with van der Waals surface area (Å²) in [5.41, 5.74) is 2.40. The SMILES string of the molecule is CN=C(NCc1cccc(OCC(=O)N(C)C)c1)NC(C)CCc1ccccc1.I. The summed E-state index contributed by atoms with van der Waals surface area (Å²) in [5.74, 6) is 1.38. The van der Waals surface area contributed by atoms with Crippen molar-refractivity contribution in [1.82, 2.24) is 15.5 Å². The van der Waals surface area contributed by atoms with Crippen molar-refractivity contribution in [3.8, 4) is 5.75 Å². The number of likely N-dealkylation sites (N-methyl/N-ethyl adjacent to an activating group) is 1. The Labute approximate surface area is 197 Å². The van der Waals surface area contributed by atoms with Crippen LogP contribution in [0.2, 0.25) is 0 Å². The van der Waals surface area contributed by atoms with Crippen molar-refractivity contribution in [2.45, 2.75) is 32.4 Å². The summed E-state index contributed by atoms with van der Waals surface area (Å²) < 4.78 is 5.58. The van der Waals surface area contributed by atoms with E-state index in [1.807, 2.05) is 30.3 Å². The molecule has 1 atom stereocenters. The highest BCUT2D eigenvalue weighted by Gasteiger charge is 2.07. The molecule has 0 bridgehead atoms. The molecular formula is C23H33IN4O2. The van der Waals surface area contributed by atoms with Crippen molar-refractivity contribution >= 4 is 35.8 Å². The normalized spacial score (nSPS) is 11.8. The highest BCUT2D eigenvalue weighted by Crippen LogP contribution is 2.13. The van der Waals surface area contributed by atoms with Gasteiger partial charge in [0.05, 0.1) is 0 Å². The summed E-state index contributed by atoms with van der Waals surface area (Å²) in [6.45, 7) is 2.81. The Kier molecular flexibility index (Phi) is 11.9. The predicted molar refractivity (Wildman–Crippen MR) is 134 cm³/mol. The molecule has 0 radical (unpaired) electrons. The molecule has 0 aliphatic rings. The first-order chi connectivity index (χ1) is 14.0. The van der Waals surface area contributed by atoms with Gasteiger partial charge in [0, 0.05) is 33.7 Å². The molecule has 6 nitrogen and oxygen atoms in total. The number of halogens is 1. The second-order valence-electron chi connectivity index (χ2n) is 7.22. The van der Waals surface area contributed by atoms with E-state index >= 15 is 0 Å². The molecule has 0 aromatic heterocycles. The molecule has 164 valence electrons. The molecule has 30 heavy (non-hydrogen) atoms. The van der Waals surface area contributed by atoms with E-state index in [2.05, 4.69) is 46.8 Å². The smallest absolute Gasteiger partial charge is 0.259 e. The molecule has 2 N–H and O–H groups in total. The molecule has 0 spiro atoms. The van der Waals surface area contributed by atoms with Crippen molar-refractivity contribution in [2.24, 2.45) is 4.99 Å². The molecule has 0 fully saturated rings. The lowest BCUT2D eigenvalue weighted by atomic mass is 10.1. The summed E-state index contributed by atoms with van der Waals surface area (Å²) in [4.78, 5) is 17.5. The van der Waals surface area contributed by atoms with Gasteiger partial charge < -0.3 is 20.3 Å². The van der Waals surface area contributed by atoms with Gasteiger partial charge in [0.25, 0.3) is 5.91 Å². The quantitative estimate of drug-likeness (QED) is 0.300. The van der Waals surface area contributed by atoms with Crippen LogP contribution in [0.1, 0.15) is 24.5 Å². The molecule has 1 unspecified atom stereocenters. The number of aliphatic imine (C=N–C) groups is 1. The monoisotopic (exact) mass is 524 g/mol. The van der Waals surface area contributed by atoms with Crippen LogP contribution >= 0.6 is 24.0 Å². The van der Waals surface area contributed by atoms with Crippen molar-refractivity contribution in [2.75, 3.05) is 27.7 Å². The number of amides is 1. The van der Waals surface area contributed by atoms with Crippen molar-refractivity contribution in [3.05, 3.63) is 65.7 Å². The number of benzene rings is 2. The third-order valence-electron chi connectivity index (χ3n) is 4.54. The summed E-state index contributed by atoms with van der Waals surface area (Å²) in [6.07, 6.45) is 2.05.